The van der Waals surface area contributed by atoms with Crippen molar-refractivity contribution in [3.63, 3.8) is 0 Å². The van der Waals surface area contributed by atoms with Crippen molar-refractivity contribution in [3.05, 3.63) is 53.6 Å². The summed E-state index contributed by atoms with van der Waals surface area (Å²) >= 11 is 5.96. The predicted molar refractivity (Wildman–Crippen MR) is 77.4 cm³/mol. The second-order valence-corrected chi connectivity index (χ2v) is 4.29. The van der Waals surface area contributed by atoms with Crippen molar-refractivity contribution in [1.82, 2.24) is 0 Å². The molecule has 0 atom stereocenters. The molecule has 0 saturated heterocycles. The Morgan fingerprint density at radius 1 is 1.10 bits per heavy atom. The molecule has 0 aliphatic heterocycles. The summed E-state index contributed by atoms with van der Waals surface area (Å²) in [6.07, 6.45) is -0.720. The fourth-order valence-corrected chi connectivity index (χ4v) is 1.85. The van der Waals surface area contributed by atoms with Crippen LogP contribution in [0.4, 0.5) is 10.5 Å². The lowest BCUT2D eigenvalue weighted by Crippen LogP contribution is -2.31. The lowest BCUT2D eigenvalue weighted by molar-refractivity contribution is 0.215. The van der Waals surface area contributed by atoms with Gasteiger partial charge in [0.05, 0.1) is 10.7 Å². The lowest BCUT2D eigenvalue weighted by atomic mass is 9.80. The molecule has 0 unspecified atom stereocenters. The molecule has 0 heterocycles. The Labute approximate surface area is 120 Å². The number of carbonyl (C=O) groups excluding carboxylic acids is 1. The molecule has 0 radical (unpaired) electrons. The third kappa shape index (κ3) is 3.51. The summed E-state index contributed by atoms with van der Waals surface area (Å²) in [5, 5.41) is 20.7. The average molecular weight is 291 g/mol. The topological polar surface area (TPSA) is 78.8 Å². The van der Waals surface area contributed by atoms with Crippen molar-refractivity contribution in [3.8, 4) is 5.75 Å². The zero-order valence-electron chi connectivity index (χ0n) is 10.3. The zero-order valence-corrected chi connectivity index (χ0v) is 11.0. The van der Waals surface area contributed by atoms with Crippen LogP contribution in [0.5, 0.6) is 5.75 Å². The molecule has 0 aromatic heterocycles. The molecular formula is C13H11BClNO4. The molecule has 0 aliphatic rings. The van der Waals surface area contributed by atoms with Gasteiger partial charge in [-0.05, 0) is 18.2 Å². The summed E-state index contributed by atoms with van der Waals surface area (Å²) in [4.78, 5) is 11.7. The maximum atomic E-state index is 11.7. The van der Waals surface area contributed by atoms with Gasteiger partial charge in [-0.15, -0.1) is 0 Å². The quantitative estimate of drug-likeness (QED) is 0.751. The average Bonchev–Trinajstić information content (AvgIpc) is 2.42. The first-order valence-corrected chi connectivity index (χ1v) is 6.14. The van der Waals surface area contributed by atoms with Crippen LogP contribution in [0.2, 0.25) is 5.02 Å². The number of para-hydroxylation sites is 1. The third-order valence-electron chi connectivity index (χ3n) is 2.50. The van der Waals surface area contributed by atoms with Crippen LogP contribution in [-0.4, -0.2) is 23.3 Å². The molecule has 2 rings (SSSR count). The third-order valence-corrected chi connectivity index (χ3v) is 2.92. The summed E-state index contributed by atoms with van der Waals surface area (Å²) in [6, 6.07) is 13.1. The van der Waals surface area contributed by atoms with E-state index in [0.717, 1.165) is 0 Å². The van der Waals surface area contributed by atoms with Gasteiger partial charge in [0.2, 0.25) is 0 Å². The van der Waals surface area contributed by atoms with Gasteiger partial charge in [0.15, 0.2) is 0 Å². The second-order valence-electron chi connectivity index (χ2n) is 3.91. The van der Waals surface area contributed by atoms with Crippen LogP contribution >= 0.6 is 11.6 Å². The number of nitrogens with one attached hydrogen (secondary N) is 1. The molecule has 0 saturated carbocycles. The molecule has 0 bridgehead atoms. The molecule has 2 aromatic rings. The number of amides is 1. The smallest absolute Gasteiger partial charge is 0.423 e. The minimum Gasteiger partial charge on any atom is -0.423 e. The van der Waals surface area contributed by atoms with E-state index in [0.29, 0.717) is 5.75 Å². The summed E-state index contributed by atoms with van der Waals surface area (Å²) in [7, 11) is -1.71. The van der Waals surface area contributed by atoms with E-state index in [9.17, 15) is 4.79 Å². The fraction of sp³-hybridized carbons (Fsp3) is 0. The van der Waals surface area contributed by atoms with Crippen LogP contribution in [0.25, 0.3) is 0 Å². The van der Waals surface area contributed by atoms with E-state index in [1.165, 1.54) is 12.1 Å². The van der Waals surface area contributed by atoms with Gasteiger partial charge < -0.3 is 14.8 Å². The Kier molecular flexibility index (Phi) is 4.63. The van der Waals surface area contributed by atoms with Gasteiger partial charge in [-0.1, -0.05) is 41.9 Å². The summed E-state index contributed by atoms with van der Waals surface area (Å²) in [6.45, 7) is 0. The van der Waals surface area contributed by atoms with Crippen LogP contribution in [0, 0.1) is 0 Å². The zero-order chi connectivity index (χ0) is 14.5. The first kappa shape index (κ1) is 14.4. The normalized spacial score (nSPS) is 9.95. The predicted octanol–water partition coefficient (Wildman–Crippen LogP) is 1.63. The number of hydrogen-bond donors (Lipinski definition) is 3. The Bertz CT molecular complexity index is 607. The molecule has 0 fully saturated rings. The van der Waals surface area contributed by atoms with Crippen LogP contribution in [0.15, 0.2) is 48.5 Å². The van der Waals surface area contributed by atoms with Crippen LogP contribution in [-0.2, 0) is 0 Å². The van der Waals surface area contributed by atoms with Gasteiger partial charge in [-0.2, -0.15) is 0 Å². The van der Waals surface area contributed by atoms with E-state index in [4.69, 9.17) is 26.4 Å². The van der Waals surface area contributed by atoms with Crippen molar-refractivity contribution >= 4 is 36.0 Å². The highest BCUT2D eigenvalue weighted by atomic mass is 35.5. The highest BCUT2D eigenvalue weighted by molar-refractivity contribution is 6.63. The van der Waals surface area contributed by atoms with Crippen molar-refractivity contribution in [1.29, 1.82) is 0 Å². The largest absolute Gasteiger partial charge is 0.490 e. The number of hydrogen-bond acceptors (Lipinski definition) is 4. The first-order chi connectivity index (χ1) is 9.58. The maximum Gasteiger partial charge on any atom is 0.490 e. The molecule has 1 amide bonds. The minimum absolute atomic E-state index is 0.0486. The number of ether oxygens (including phenoxy) is 1. The highest BCUT2D eigenvalue weighted by Gasteiger charge is 2.18. The monoisotopic (exact) mass is 291 g/mol. The van der Waals surface area contributed by atoms with E-state index in [2.05, 4.69) is 5.32 Å². The van der Waals surface area contributed by atoms with Gasteiger partial charge >= 0.3 is 13.2 Å². The molecule has 3 N–H and O–H groups in total. The number of anilines is 1. The molecule has 7 heteroatoms. The highest BCUT2D eigenvalue weighted by Crippen LogP contribution is 2.20. The van der Waals surface area contributed by atoms with Crippen molar-refractivity contribution in [2.75, 3.05) is 5.32 Å². The van der Waals surface area contributed by atoms with Crippen molar-refractivity contribution < 1.29 is 19.6 Å². The Hall–Kier alpha value is -2.02. The van der Waals surface area contributed by atoms with Gasteiger partial charge in [-0.25, -0.2) is 4.79 Å². The summed E-state index contributed by atoms with van der Waals surface area (Å²) in [5.41, 5.74) is 0.336. The van der Waals surface area contributed by atoms with E-state index < -0.39 is 13.2 Å². The lowest BCUT2D eigenvalue weighted by Gasteiger charge is -2.10. The molecule has 2 aromatic carbocycles. The fourth-order valence-electron chi connectivity index (χ4n) is 1.58. The molecule has 0 aliphatic carbocycles. The number of rotatable bonds is 3. The number of carbonyl (C=O) groups is 1. The standard InChI is InChI=1S/C13H11BClNO4/c15-12-10(14(18)19)7-4-8-11(12)16-13(17)20-9-5-2-1-3-6-9/h1-8,18-19H,(H,16,17). The summed E-state index contributed by atoms with van der Waals surface area (Å²) < 4.78 is 5.04. The van der Waals surface area contributed by atoms with Crippen LogP contribution in [0.1, 0.15) is 0 Å². The van der Waals surface area contributed by atoms with Crippen LogP contribution < -0.4 is 15.5 Å². The first-order valence-electron chi connectivity index (χ1n) is 5.76. The van der Waals surface area contributed by atoms with Gasteiger partial charge in [0, 0.05) is 5.46 Å². The maximum absolute atomic E-state index is 11.7. The van der Waals surface area contributed by atoms with Gasteiger partial charge in [0.1, 0.15) is 5.75 Å². The SMILES string of the molecule is O=C(Nc1cccc(B(O)O)c1Cl)Oc1ccccc1. The Morgan fingerprint density at radius 2 is 1.80 bits per heavy atom. The molecule has 20 heavy (non-hydrogen) atoms. The van der Waals surface area contributed by atoms with Crippen molar-refractivity contribution in [2.24, 2.45) is 0 Å². The minimum atomic E-state index is -1.71. The van der Waals surface area contributed by atoms with E-state index in [1.54, 1.807) is 36.4 Å². The van der Waals surface area contributed by atoms with E-state index in [-0.39, 0.29) is 16.2 Å². The molecule has 102 valence electrons. The summed E-state index contributed by atoms with van der Waals surface area (Å²) in [5.74, 6) is 0.388. The Morgan fingerprint density at radius 3 is 2.45 bits per heavy atom. The number of benzene rings is 2. The second kappa shape index (κ2) is 6.43. The van der Waals surface area contributed by atoms with E-state index >= 15 is 0 Å². The van der Waals surface area contributed by atoms with Crippen LogP contribution in [0.3, 0.4) is 0 Å². The Balaban J connectivity index is 2.10. The molecule has 0 spiro atoms. The van der Waals surface area contributed by atoms with Gasteiger partial charge in [-0.3, -0.25) is 5.32 Å². The van der Waals surface area contributed by atoms with E-state index in [1.807, 2.05) is 0 Å². The molecule has 5 nitrogen and oxygen atoms in total. The molecular weight excluding hydrogens is 280 g/mol. The van der Waals surface area contributed by atoms with Gasteiger partial charge in [0.25, 0.3) is 0 Å². The number of halogens is 1. The van der Waals surface area contributed by atoms with Crippen molar-refractivity contribution in [2.45, 2.75) is 0 Å².